The highest BCUT2D eigenvalue weighted by Gasteiger charge is 2.25. The van der Waals surface area contributed by atoms with Crippen molar-refractivity contribution >= 4 is 17.7 Å². The quantitative estimate of drug-likeness (QED) is 0.468. The van der Waals surface area contributed by atoms with Crippen LogP contribution in [0.2, 0.25) is 0 Å². The zero-order chi connectivity index (χ0) is 23.0. The van der Waals surface area contributed by atoms with E-state index in [1.165, 1.54) is 12.1 Å². The summed E-state index contributed by atoms with van der Waals surface area (Å²) in [6.45, 7) is 4.96. The van der Waals surface area contributed by atoms with Crippen LogP contribution in [0.4, 0.5) is 4.39 Å². The Hall–Kier alpha value is -2.71. The minimum Gasteiger partial charge on any atom is -0.355 e. The van der Waals surface area contributed by atoms with Gasteiger partial charge in [-0.3, -0.25) is 9.69 Å². The molecule has 33 heavy (non-hydrogen) atoms. The number of aromatic nitrogens is 2. The van der Waals surface area contributed by atoms with Gasteiger partial charge in [-0.05, 0) is 56.6 Å². The van der Waals surface area contributed by atoms with Crippen LogP contribution in [0, 0.1) is 18.7 Å². The number of nitrogens with one attached hydrogen (secondary N) is 1. The monoisotopic (exact) mass is 468 g/mol. The van der Waals surface area contributed by atoms with Gasteiger partial charge in [-0.2, -0.15) is 16.7 Å². The third-order valence-corrected chi connectivity index (χ3v) is 6.82. The summed E-state index contributed by atoms with van der Waals surface area (Å²) in [6, 6.07) is 14.6. The Morgan fingerprint density at radius 3 is 2.76 bits per heavy atom. The molecule has 6 nitrogen and oxygen atoms in total. The highest BCUT2D eigenvalue weighted by atomic mass is 32.2. The second kappa shape index (κ2) is 11.4. The van der Waals surface area contributed by atoms with Crippen molar-refractivity contribution in [3.05, 3.63) is 71.4 Å². The maximum absolute atomic E-state index is 12.9. The summed E-state index contributed by atoms with van der Waals surface area (Å²) in [5.41, 5.74) is 3.20. The molecule has 2 heterocycles. The zero-order valence-electron chi connectivity index (χ0n) is 18.8. The maximum atomic E-state index is 12.9. The lowest BCUT2D eigenvalue weighted by atomic mass is 9.96. The van der Waals surface area contributed by atoms with Crippen LogP contribution in [-0.4, -0.2) is 46.3 Å². The van der Waals surface area contributed by atoms with Gasteiger partial charge in [0.25, 0.3) is 0 Å². The number of aryl methyl sites for hydroxylation is 1. The van der Waals surface area contributed by atoms with E-state index in [0.29, 0.717) is 24.8 Å². The number of likely N-dealkylation sites (tertiary alicyclic amines) is 1. The maximum Gasteiger partial charge on any atom is 0.241 e. The number of amides is 1. The van der Waals surface area contributed by atoms with Crippen LogP contribution in [0.1, 0.15) is 29.9 Å². The van der Waals surface area contributed by atoms with Crippen molar-refractivity contribution in [2.75, 3.05) is 25.4 Å². The number of thioether (sulfide) groups is 1. The van der Waals surface area contributed by atoms with Crippen molar-refractivity contribution in [2.24, 2.45) is 5.92 Å². The minimum absolute atomic E-state index is 0.0499. The molecule has 4 rings (SSSR count). The first-order valence-electron chi connectivity index (χ1n) is 11.3. The van der Waals surface area contributed by atoms with Gasteiger partial charge >= 0.3 is 0 Å². The van der Waals surface area contributed by atoms with Crippen LogP contribution in [0.3, 0.4) is 0 Å². The highest BCUT2D eigenvalue weighted by Crippen LogP contribution is 2.21. The smallest absolute Gasteiger partial charge is 0.241 e. The van der Waals surface area contributed by atoms with Crippen LogP contribution >= 0.6 is 11.8 Å². The predicted molar refractivity (Wildman–Crippen MR) is 128 cm³/mol. The number of hydrogen-bond acceptors (Lipinski definition) is 6. The topological polar surface area (TPSA) is 71.3 Å². The van der Waals surface area contributed by atoms with Crippen LogP contribution in [-0.2, 0) is 17.1 Å². The highest BCUT2D eigenvalue weighted by molar-refractivity contribution is 7.98. The van der Waals surface area contributed by atoms with Crippen LogP contribution in [0.15, 0.2) is 53.1 Å². The Balaban J connectivity index is 1.14. The van der Waals surface area contributed by atoms with Crippen LogP contribution < -0.4 is 5.32 Å². The normalized spacial score (nSPS) is 15.0. The SMILES string of the molecule is Cc1cccc(-c2noc(CN3CCC(C(=O)NCCSCc4ccc(F)cc4)CC3)n2)c1. The van der Waals surface area contributed by atoms with E-state index in [1.807, 2.05) is 31.2 Å². The van der Waals surface area contributed by atoms with Crippen LogP contribution in [0.5, 0.6) is 0 Å². The summed E-state index contributed by atoms with van der Waals surface area (Å²) >= 11 is 1.73. The van der Waals surface area contributed by atoms with Crippen molar-refractivity contribution in [2.45, 2.75) is 32.1 Å². The molecule has 0 aliphatic carbocycles. The zero-order valence-corrected chi connectivity index (χ0v) is 19.6. The molecule has 1 aliphatic rings. The molecule has 0 saturated carbocycles. The third-order valence-electron chi connectivity index (χ3n) is 5.79. The Morgan fingerprint density at radius 2 is 2.00 bits per heavy atom. The molecular weight excluding hydrogens is 439 g/mol. The van der Waals surface area contributed by atoms with Crippen LogP contribution in [0.25, 0.3) is 11.4 Å². The minimum atomic E-state index is -0.217. The molecule has 3 aromatic rings. The van der Waals surface area contributed by atoms with Gasteiger partial charge in [0.15, 0.2) is 0 Å². The number of hydrogen-bond donors (Lipinski definition) is 1. The second-order valence-electron chi connectivity index (χ2n) is 8.40. The average Bonchev–Trinajstić information content (AvgIpc) is 3.29. The Bertz CT molecular complexity index is 1050. The number of piperidine rings is 1. The Kier molecular flexibility index (Phi) is 8.12. The van der Waals surface area contributed by atoms with Crippen molar-refractivity contribution in [1.82, 2.24) is 20.4 Å². The van der Waals surface area contributed by atoms with Crippen molar-refractivity contribution < 1.29 is 13.7 Å². The Morgan fingerprint density at radius 1 is 1.21 bits per heavy atom. The molecule has 0 radical (unpaired) electrons. The van der Waals surface area contributed by atoms with Gasteiger partial charge in [0.1, 0.15) is 5.82 Å². The molecule has 0 atom stereocenters. The van der Waals surface area contributed by atoms with E-state index < -0.39 is 0 Å². The lowest BCUT2D eigenvalue weighted by Gasteiger charge is -2.30. The van der Waals surface area contributed by atoms with Crippen molar-refractivity contribution in [3.8, 4) is 11.4 Å². The molecule has 1 fully saturated rings. The molecule has 1 aliphatic heterocycles. The first-order valence-corrected chi connectivity index (χ1v) is 12.4. The molecule has 1 N–H and O–H groups in total. The van der Waals surface area contributed by atoms with E-state index in [1.54, 1.807) is 23.9 Å². The van der Waals surface area contributed by atoms with Gasteiger partial charge in [-0.25, -0.2) is 4.39 Å². The fourth-order valence-corrected chi connectivity index (χ4v) is 4.75. The van der Waals surface area contributed by atoms with E-state index in [4.69, 9.17) is 4.52 Å². The lowest BCUT2D eigenvalue weighted by molar-refractivity contribution is -0.126. The number of nitrogens with zero attached hydrogens (tertiary/aromatic N) is 3. The lowest BCUT2D eigenvalue weighted by Crippen LogP contribution is -2.40. The predicted octanol–water partition coefficient (Wildman–Crippen LogP) is 4.45. The molecule has 0 bridgehead atoms. The third kappa shape index (κ3) is 6.88. The molecule has 8 heteroatoms. The van der Waals surface area contributed by atoms with Gasteiger partial charge in [-0.15, -0.1) is 0 Å². The van der Waals surface area contributed by atoms with Gasteiger partial charge in [0.05, 0.1) is 6.54 Å². The Labute approximate surface area is 197 Å². The summed E-state index contributed by atoms with van der Waals surface area (Å²) in [7, 11) is 0. The number of rotatable bonds is 9. The average molecular weight is 469 g/mol. The van der Waals surface area contributed by atoms with Crippen molar-refractivity contribution in [3.63, 3.8) is 0 Å². The largest absolute Gasteiger partial charge is 0.355 e. The number of carbonyl (C=O) groups is 1. The van der Waals surface area contributed by atoms with E-state index in [0.717, 1.165) is 54.1 Å². The summed E-state index contributed by atoms with van der Waals surface area (Å²) in [5, 5.41) is 7.17. The molecule has 1 saturated heterocycles. The molecule has 0 spiro atoms. The van der Waals surface area contributed by atoms with Gasteiger partial charge in [-0.1, -0.05) is 41.1 Å². The second-order valence-corrected chi connectivity index (χ2v) is 9.51. The molecule has 174 valence electrons. The first kappa shape index (κ1) is 23.4. The first-order chi connectivity index (χ1) is 16.1. The van der Waals surface area contributed by atoms with E-state index in [2.05, 4.69) is 20.4 Å². The van der Waals surface area contributed by atoms with Gasteiger partial charge in [0, 0.05) is 29.5 Å². The fraction of sp³-hybridized carbons (Fsp3) is 0.400. The molecule has 2 aromatic carbocycles. The van der Waals surface area contributed by atoms with Crippen molar-refractivity contribution in [1.29, 1.82) is 0 Å². The summed E-state index contributed by atoms with van der Waals surface area (Å²) in [5.74, 6) is 2.84. The standard InChI is InChI=1S/C25H29FN4O2S/c1-18-3-2-4-21(15-18)24-28-23(32-29-24)16-30-12-9-20(10-13-30)25(31)27-11-14-33-17-19-5-7-22(26)8-6-19/h2-8,15,20H,9-14,16-17H2,1H3,(H,27,31). The fourth-order valence-electron chi connectivity index (χ4n) is 3.93. The number of halogens is 1. The molecule has 0 unspecified atom stereocenters. The van der Waals surface area contributed by atoms with E-state index >= 15 is 0 Å². The summed E-state index contributed by atoms with van der Waals surface area (Å²) < 4.78 is 18.4. The number of benzene rings is 2. The molecule has 1 aromatic heterocycles. The molecule has 1 amide bonds. The summed E-state index contributed by atoms with van der Waals surface area (Å²) in [4.78, 5) is 19.3. The van der Waals surface area contributed by atoms with E-state index in [9.17, 15) is 9.18 Å². The number of carbonyl (C=O) groups excluding carboxylic acids is 1. The van der Waals surface area contributed by atoms with Gasteiger partial charge in [0.2, 0.25) is 17.6 Å². The molecular formula is C25H29FN4O2S. The van der Waals surface area contributed by atoms with Gasteiger partial charge < -0.3 is 9.84 Å². The van der Waals surface area contributed by atoms with E-state index in [-0.39, 0.29) is 17.6 Å². The summed E-state index contributed by atoms with van der Waals surface area (Å²) in [6.07, 6.45) is 1.65.